The van der Waals surface area contributed by atoms with E-state index < -0.39 is 0 Å². The summed E-state index contributed by atoms with van der Waals surface area (Å²) in [5.74, 6) is 3.92. The zero-order valence-corrected chi connectivity index (χ0v) is 18.6. The quantitative estimate of drug-likeness (QED) is 0.419. The Labute approximate surface area is 177 Å². The summed E-state index contributed by atoms with van der Waals surface area (Å²) in [5, 5.41) is 0. The predicted octanol–water partition coefficient (Wildman–Crippen LogP) is 7.44. The molecule has 0 spiro atoms. The van der Waals surface area contributed by atoms with Crippen molar-refractivity contribution in [3.8, 4) is 16.9 Å². The molecule has 4 heteroatoms. The zero-order valence-electron chi connectivity index (χ0n) is 17.0. The number of rotatable bonds is 9. The SMILES string of the molecule is CCCCC1CSC(CCc2ccc(-c3ccc(OCC)cc3F)cc2)SC1. The van der Waals surface area contributed by atoms with Gasteiger partial charge in [0.2, 0.25) is 0 Å². The molecule has 0 aromatic heterocycles. The van der Waals surface area contributed by atoms with E-state index in [1.165, 1.54) is 48.8 Å². The molecule has 1 aliphatic heterocycles. The second kappa shape index (κ2) is 11.2. The summed E-state index contributed by atoms with van der Waals surface area (Å²) >= 11 is 4.30. The first-order valence-electron chi connectivity index (χ1n) is 10.4. The molecular weight excluding hydrogens is 387 g/mol. The van der Waals surface area contributed by atoms with Crippen LogP contribution in [0.15, 0.2) is 42.5 Å². The van der Waals surface area contributed by atoms with E-state index in [-0.39, 0.29) is 5.82 Å². The van der Waals surface area contributed by atoms with Gasteiger partial charge in [0.25, 0.3) is 0 Å². The fourth-order valence-electron chi connectivity index (χ4n) is 3.53. The first-order chi connectivity index (χ1) is 13.7. The van der Waals surface area contributed by atoms with Crippen molar-refractivity contribution in [2.45, 2.75) is 50.5 Å². The summed E-state index contributed by atoms with van der Waals surface area (Å²) in [6, 6.07) is 13.5. The fourth-order valence-corrected chi connectivity index (χ4v) is 6.65. The van der Waals surface area contributed by atoms with Crippen LogP contribution in [0.2, 0.25) is 0 Å². The van der Waals surface area contributed by atoms with E-state index >= 15 is 0 Å². The standard InChI is InChI=1S/C24H31FOS2/c1-3-5-6-19-16-27-24(28-17-19)14-9-18-7-10-20(11-8-18)22-13-12-21(26-4-2)15-23(22)25/h7-8,10-13,15,19,24H,3-6,9,14,16-17H2,1-2H3. The maximum atomic E-state index is 14.4. The van der Waals surface area contributed by atoms with Crippen molar-refractivity contribution < 1.29 is 9.13 Å². The zero-order chi connectivity index (χ0) is 19.8. The maximum Gasteiger partial charge on any atom is 0.134 e. The number of halogens is 1. The Morgan fingerprint density at radius 2 is 1.75 bits per heavy atom. The number of hydrogen-bond acceptors (Lipinski definition) is 3. The highest BCUT2D eigenvalue weighted by Gasteiger charge is 2.21. The molecule has 1 nitrogen and oxygen atoms in total. The van der Waals surface area contributed by atoms with Gasteiger partial charge in [0.15, 0.2) is 0 Å². The van der Waals surface area contributed by atoms with Crippen LogP contribution in [0.25, 0.3) is 11.1 Å². The van der Waals surface area contributed by atoms with Crippen molar-refractivity contribution >= 4 is 23.5 Å². The summed E-state index contributed by atoms with van der Waals surface area (Å²) in [7, 11) is 0. The Hall–Kier alpha value is -1.13. The van der Waals surface area contributed by atoms with E-state index in [0.717, 1.165) is 22.5 Å². The van der Waals surface area contributed by atoms with Gasteiger partial charge in [-0.1, -0.05) is 44.0 Å². The van der Waals surface area contributed by atoms with Crippen LogP contribution in [0.1, 0.15) is 45.1 Å². The van der Waals surface area contributed by atoms with Crippen LogP contribution in [-0.2, 0) is 6.42 Å². The van der Waals surface area contributed by atoms with Gasteiger partial charge in [-0.25, -0.2) is 4.39 Å². The van der Waals surface area contributed by atoms with E-state index in [4.69, 9.17) is 4.74 Å². The number of thioether (sulfide) groups is 2. The van der Waals surface area contributed by atoms with E-state index in [9.17, 15) is 4.39 Å². The monoisotopic (exact) mass is 418 g/mol. The minimum absolute atomic E-state index is 0.230. The van der Waals surface area contributed by atoms with Gasteiger partial charge in [-0.2, -0.15) is 0 Å². The molecule has 0 bridgehead atoms. The molecule has 1 saturated heterocycles. The van der Waals surface area contributed by atoms with Gasteiger partial charge >= 0.3 is 0 Å². The van der Waals surface area contributed by atoms with Crippen molar-refractivity contribution in [2.24, 2.45) is 5.92 Å². The Morgan fingerprint density at radius 3 is 2.39 bits per heavy atom. The second-order valence-corrected chi connectivity index (χ2v) is 10.2. The number of ether oxygens (including phenoxy) is 1. The Kier molecular flexibility index (Phi) is 8.60. The van der Waals surface area contributed by atoms with Crippen LogP contribution in [0.3, 0.4) is 0 Å². The molecule has 1 aliphatic rings. The molecule has 0 atom stereocenters. The van der Waals surface area contributed by atoms with Crippen LogP contribution in [0, 0.1) is 11.7 Å². The maximum absolute atomic E-state index is 14.4. The molecule has 1 heterocycles. The highest BCUT2D eigenvalue weighted by atomic mass is 32.2. The van der Waals surface area contributed by atoms with E-state index in [1.807, 2.05) is 25.1 Å². The molecule has 2 aromatic carbocycles. The smallest absolute Gasteiger partial charge is 0.134 e. The van der Waals surface area contributed by atoms with Crippen molar-refractivity contribution in [3.05, 3.63) is 53.8 Å². The van der Waals surface area contributed by atoms with E-state index in [1.54, 1.807) is 6.07 Å². The topological polar surface area (TPSA) is 9.23 Å². The summed E-state index contributed by atoms with van der Waals surface area (Å²) in [6.45, 7) is 4.73. The van der Waals surface area contributed by atoms with Crippen LogP contribution in [0.4, 0.5) is 4.39 Å². The molecule has 0 aliphatic carbocycles. The van der Waals surface area contributed by atoms with Crippen molar-refractivity contribution in [1.82, 2.24) is 0 Å². The van der Waals surface area contributed by atoms with Crippen LogP contribution < -0.4 is 4.74 Å². The van der Waals surface area contributed by atoms with Gasteiger partial charge in [-0.15, -0.1) is 23.5 Å². The minimum atomic E-state index is -0.230. The normalized spacial score (nSPS) is 19.5. The summed E-state index contributed by atoms with van der Waals surface area (Å²) < 4.78 is 20.5. The summed E-state index contributed by atoms with van der Waals surface area (Å²) in [5.41, 5.74) is 2.89. The van der Waals surface area contributed by atoms with Gasteiger partial charge in [0, 0.05) is 11.6 Å². The van der Waals surface area contributed by atoms with Crippen LogP contribution in [0.5, 0.6) is 5.75 Å². The Morgan fingerprint density at radius 1 is 1.00 bits per heavy atom. The predicted molar refractivity (Wildman–Crippen MR) is 123 cm³/mol. The molecule has 1 fully saturated rings. The number of hydrogen-bond donors (Lipinski definition) is 0. The lowest BCUT2D eigenvalue weighted by atomic mass is 10.0. The Bertz CT molecular complexity index is 724. The van der Waals surface area contributed by atoms with Crippen molar-refractivity contribution in [3.63, 3.8) is 0 Å². The Balaban J connectivity index is 1.50. The minimum Gasteiger partial charge on any atom is -0.494 e. The molecule has 0 N–H and O–H groups in total. The van der Waals surface area contributed by atoms with Gasteiger partial charge < -0.3 is 4.74 Å². The molecule has 28 heavy (non-hydrogen) atoms. The summed E-state index contributed by atoms with van der Waals surface area (Å²) in [6.07, 6.45) is 6.39. The number of benzene rings is 2. The average Bonchev–Trinajstić information content (AvgIpc) is 2.72. The van der Waals surface area contributed by atoms with E-state index in [2.05, 4.69) is 42.6 Å². The van der Waals surface area contributed by atoms with Gasteiger partial charge in [0.1, 0.15) is 11.6 Å². The first-order valence-corrected chi connectivity index (χ1v) is 12.5. The second-order valence-electron chi connectivity index (χ2n) is 7.41. The van der Waals surface area contributed by atoms with E-state index in [0.29, 0.717) is 17.9 Å². The molecule has 152 valence electrons. The highest BCUT2D eigenvalue weighted by molar-refractivity contribution is 8.17. The van der Waals surface area contributed by atoms with Gasteiger partial charge in [-0.3, -0.25) is 0 Å². The molecule has 0 amide bonds. The fraction of sp³-hybridized carbons (Fsp3) is 0.500. The molecule has 0 radical (unpaired) electrons. The largest absolute Gasteiger partial charge is 0.494 e. The molecular formula is C24H31FOS2. The number of aryl methyl sites for hydroxylation is 1. The third-order valence-electron chi connectivity index (χ3n) is 5.19. The molecule has 0 unspecified atom stereocenters. The van der Waals surface area contributed by atoms with Gasteiger partial charge in [0.05, 0.1) is 11.2 Å². The summed E-state index contributed by atoms with van der Waals surface area (Å²) in [4.78, 5) is 0. The third kappa shape index (κ3) is 6.18. The van der Waals surface area contributed by atoms with Crippen LogP contribution >= 0.6 is 23.5 Å². The lowest BCUT2D eigenvalue weighted by molar-refractivity contribution is 0.338. The molecule has 2 aromatic rings. The third-order valence-corrected chi connectivity index (χ3v) is 8.55. The molecule has 0 saturated carbocycles. The number of unbranched alkanes of at least 4 members (excludes halogenated alkanes) is 1. The average molecular weight is 419 g/mol. The van der Waals surface area contributed by atoms with Crippen molar-refractivity contribution in [1.29, 1.82) is 0 Å². The lowest BCUT2D eigenvalue weighted by Crippen LogP contribution is -2.18. The van der Waals surface area contributed by atoms with Gasteiger partial charge in [-0.05, 0) is 66.9 Å². The van der Waals surface area contributed by atoms with Crippen molar-refractivity contribution in [2.75, 3.05) is 18.1 Å². The van der Waals surface area contributed by atoms with Crippen LogP contribution in [-0.4, -0.2) is 22.7 Å². The lowest BCUT2D eigenvalue weighted by Gasteiger charge is -2.27. The molecule has 3 rings (SSSR count). The first kappa shape index (κ1) is 21.6. The highest BCUT2D eigenvalue weighted by Crippen LogP contribution is 2.38.